The fraction of sp³-hybridized carbons (Fsp3) is 0.600. The van der Waals surface area contributed by atoms with Crippen molar-refractivity contribution in [3.63, 3.8) is 0 Å². The molecule has 0 bridgehead atoms. The maximum Gasteiger partial charge on any atom is 0.0162 e. The largest absolute Gasteiger partial charge is 0.314 e. The molecule has 1 saturated heterocycles. The Bertz CT molecular complexity index is 386. The Morgan fingerprint density at radius 2 is 1.94 bits per heavy atom. The molecule has 1 atom stereocenters. The van der Waals surface area contributed by atoms with Crippen LogP contribution in [0.5, 0.6) is 0 Å². The predicted molar refractivity (Wildman–Crippen MR) is 80.5 cm³/mol. The molecule has 1 aromatic carbocycles. The van der Waals surface area contributed by atoms with Crippen LogP contribution < -0.4 is 5.32 Å². The van der Waals surface area contributed by atoms with Crippen molar-refractivity contribution in [2.45, 2.75) is 31.7 Å². The van der Waals surface area contributed by atoms with Crippen molar-refractivity contribution in [2.75, 3.05) is 31.9 Å². The molecule has 0 spiro atoms. The van der Waals surface area contributed by atoms with Gasteiger partial charge in [-0.15, -0.1) is 11.8 Å². The third-order valence-corrected chi connectivity index (χ3v) is 4.98. The molecule has 3 heteroatoms. The normalized spacial score (nSPS) is 18.8. The van der Waals surface area contributed by atoms with Gasteiger partial charge in [0.1, 0.15) is 0 Å². The molecule has 2 rings (SSSR count). The molecular formula is C15H24N2S. The zero-order valence-electron chi connectivity index (χ0n) is 11.7. The smallest absolute Gasteiger partial charge is 0.0162 e. The number of aryl methyl sites for hydroxylation is 2. The number of thioether (sulfide) groups is 1. The van der Waals surface area contributed by atoms with Gasteiger partial charge >= 0.3 is 0 Å². The molecule has 0 saturated carbocycles. The van der Waals surface area contributed by atoms with Gasteiger partial charge in [-0.1, -0.05) is 6.07 Å². The lowest BCUT2D eigenvalue weighted by Crippen LogP contribution is -2.48. The summed E-state index contributed by atoms with van der Waals surface area (Å²) in [6.45, 7) is 11.4. The van der Waals surface area contributed by atoms with Crippen LogP contribution in [-0.4, -0.2) is 42.9 Å². The van der Waals surface area contributed by atoms with Crippen LogP contribution >= 0.6 is 11.8 Å². The molecule has 2 nitrogen and oxygen atoms in total. The molecule has 1 aliphatic rings. The average Bonchev–Trinajstić information content (AvgIpc) is 2.41. The fourth-order valence-electron chi connectivity index (χ4n) is 2.25. The summed E-state index contributed by atoms with van der Waals surface area (Å²) >= 11 is 1.98. The van der Waals surface area contributed by atoms with Crippen LogP contribution in [0.25, 0.3) is 0 Å². The topological polar surface area (TPSA) is 15.3 Å². The van der Waals surface area contributed by atoms with Crippen molar-refractivity contribution in [2.24, 2.45) is 0 Å². The second-order valence-corrected chi connectivity index (χ2v) is 6.29. The highest BCUT2D eigenvalue weighted by atomic mass is 32.2. The van der Waals surface area contributed by atoms with E-state index in [1.165, 1.54) is 34.9 Å². The van der Waals surface area contributed by atoms with Crippen molar-refractivity contribution < 1.29 is 0 Å². The summed E-state index contributed by atoms with van der Waals surface area (Å²) in [5.41, 5.74) is 2.78. The summed E-state index contributed by atoms with van der Waals surface area (Å²) in [6, 6.07) is 7.45. The molecular weight excluding hydrogens is 240 g/mol. The SMILES string of the molecule is Cc1ccc(SCC(C)N2CCNCC2)cc1C. The zero-order chi connectivity index (χ0) is 13.0. The van der Waals surface area contributed by atoms with E-state index in [2.05, 4.69) is 49.2 Å². The van der Waals surface area contributed by atoms with Gasteiger partial charge in [0, 0.05) is 42.9 Å². The summed E-state index contributed by atoms with van der Waals surface area (Å²) in [5.74, 6) is 1.18. The van der Waals surface area contributed by atoms with Crippen molar-refractivity contribution in [3.05, 3.63) is 29.3 Å². The molecule has 1 aliphatic heterocycles. The van der Waals surface area contributed by atoms with E-state index in [9.17, 15) is 0 Å². The first-order valence-corrected chi connectivity index (χ1v) is 7.80. The minimum atomic E-state index is 0.665. The summed E-state index contributed by atoms with van der Waals surface area (Å²) in [5, 5.41) is 3.41. The van der Waals surface area contributed by atoms with E-state index in [-0.39, 0.29) is 0 Å². The number of benzene rings is 1. The number of nitrogens with zero attached hydrogens (tertiary/aromatic N) is 1. The maximum absolute atomic E-state index is 3.41. The van der Waals surface area contributed by atoms with Gasteiger partial charge in [0.25, 0.3) is 0 Å². The van der Waals surface area contributed by atoms with E-state index >= 15 is 0 Å². The number of rotatable bonds is 4. The summed E-state index contributed by atoms with van der Waals surface area (Å²) in [6.07, 6.45) is 0. The molecule has 0 radical (unpaired) electrons. The van der Waals surface area contributed by atoms with Crippen LogP contribution in [0.15, 0.2) is 23.1 Å². The first-order valence-electron chi connectivity index (χ1n) is 6.81. The van der Waals surface area contributed by atoms with Gasteiger partial charge in [-0.25, -0.2) is 0 Å². The van der Waals surface area contributed by atoms with Gasteiger partial charge in [0.15, 0.2) is 0 Å². The van der Waals surface area contributed by atoms with Crippen LogP contribution in [0, 0.1) is 13.8 Å². The summed E-state index contributed by atoms with van der Waals surface area (Å²) in [7, 11) is 0. The van der Waals surface area contributed by atoms with E-state index in [1.54, 1.807) is 0 Å². The molecule has 1 unspecified atom stereocenters. The lowest BCUT2D eigenvalue weighted by molar-refractivity contribution is 0.198. The van der Waals surface area contributed by atoms with Gasteiger partial charge in [-0.05, 0) is 44.0 Å². The Morgan fingerprint density at radius 1 is 1.22 bits per heavy atom. The maximum atomic E-state index is 3.41. The first-order chi connectivity index (χ1) is 8.66. The van der Waals surface area contributed by atoms with Gasteiger partial charge in [-0.3, -0.25) is 4.90 Å². The van der Waals surface area contributed by atoms with E-state index in [0.29, 0.717) is 6.04 Å². The van der Waals surface area contributed by atoms with E-state index in [1.807, 2.05) is 11.8 Å². The third-order valence-electron chi connectivity index (χ3n) is 3.74. The van der Waals surface area contributed by atoms with E-state index in [0.717, 1.165) is 13.1 Å². The van der Waals surface area contributed by atoms with Crippen molar-refractivity contribution >= 4 is 11.8 Å². The number of hydrogen-bond donors (Lipinski definition) is 1. The molecule has 1 N–H and O–H groups in total. The number of nitrogens with one attached hydrogen (secondary N) is 1. The Hall–Kier alpha value is -0.510. The lowest BCUT2D eigenvalue weighted by Gasteiger charge is -2.32. The van der Waals surface area contributed by atoms with E-state index in [4.69, 9.17) is 0 Å². The molecule has 1 aromatic rings. The molecule has 0 aliphatic carbocycles. The molecule has 100 valence electrons. The molecule has 18 heavy (non-hydrogen) atoms. The minimum Gasteiger partial charge on any atom is -0.314 e. The van der Waals surface area contributed by atoms with Crippen LogP contribution in [0.4, 0.5) is 0 Å². The fourth-order valence-corrected chi connectivity index (χ4v) is 3.32. The summed E-state index contributed by atoms with van der Waals surface area (Å²) in [4.78, 5) is 3.99. The van der Waals surface area contributed by atoms with Crippen molar-refractivity contribution in [1.29, 1.82) is 0 Å². The number of hydrogen-bond acceptors (Lipinski definition) is 3. The van der Waals surface area contributed by atoms with Gasteiger partial charge in [0.2, 0.25) is 0 Å². The van der Waals surface area contributed by atoms with Crippen molar-refractivity contribution in [3.8, 4) is 0 Å². The molecule has 0 aromatic heterocycles. The Morgan fingerprint density at radius 3 is 2.61 bits per heavy atom. The molecule has 1 fully saturated rings. The molecule has 1 heterocycles. The third kappa shape index (κ3) is 3.74. The zero-order valence-corrected chi connectivity index (χ0v) is 12.5. The monoisotopic (exact) mass is 264 g/mol. The Kier molecular flexibility index (Phi) is 5.10. The first kappa shape index (κ1) is 13.9. The van der Waals surface area contributed by atoms with Gasteiger partial charge in [-0.2, -0.15) is 0 Å². The average molecular weight is 264 g/mol. The van der Waals surface area contributed by atoms with Gasteiger partial charge in [0.05, 0.1) is 0 Å². The van der Waals surface area contributed by atoms with Crippen LogP contribution in [0.3, 0.4) is 0 Å². The lowest BCUT2D eigenvalue weighted by atomic mass is 10.1. The quantitative estimate of drug-likeness (QED) is 0.842. The van der Waals surface area contributed by atoms with Crippen LogP contribution in [0.2, 0.25) is 0 Å². The molecule has 0 amide bonds. The highest BCUT2D eigenvalue weighted by molar-refractivity contribution is 7.99. The summed E-state index contributed by atoms with van der Waals surface area (Å²) < 4.78 is 0. The van der Waals surface area contributed by atoms with Crippen molar-refractivity contribution in [1.82, 2.24) is 10.2 Å². The minimum absolute atomic E-state index is 0.665. The standard InChI is InChI=1S/C15H24N2S/c1-12-4-5-15(10-13(12)2)18-11-14(3)17-8-6-16-7-9-17/h4-5,10,14,16H,6-9,11H2,1-3H3. The predicted octanol–water partition coefficient (Wildman–Crippen LogP) is 2.69. The second kappa shape index (κ2) is 6.60. The van der Waals surface area contributed by atoms with Gasteiger partial charge < -0.3 is 5.32 Å². The second-order valence-electron chi connectivity index (χ2n) is 5.19. The highest BCUT2D eigenvalue weighted by Gasteiger charge is 2.16. The van der Waals surface area contributed by atoms with Crippen LogP contribution in [-0.2, 0) is 0 Å². The Balaban J connectivity index is 1.84. The van der Waals surface area contributed by atoms with E-state index < -0.39 is 0 Å². The number of piperazine rings is 1. The highest BCUT2D eigenvalue weighted by Crippen LogP contribution is 2.22. The van der Waals surface area contributed by atoms with Crippen LogP contribution in [0.1, 0.15) is 18.1 Å². The Labute approximate surface area is 115 Å².